The van der Waals surface area contributed by atoms with E-state index in [2.05, 4.69) is 6.92 Å². The van der Waals surface area contributed by atoms with Gasteiger partial charge in [-0.3, -0.25) is 4.79 Å². The highest BCUT2D eigenvalue weighted by molar-refractivity contribution is 6.08. The van der Waals surface area contributed by atoms with E-state index in [0.717, 1.165) is 11.1 Å². The van der Waals surface area contributed by atoms with Crippen molar-refractivity contribution in [2.24, 2.45) is 16.7 Å². The molecule has 7 heterocycles. The molecule has 24 unspecified atom stereocenters. The maximum Gasteiger partial charge on any atom is 0.205 e. The number of ketones is 1. The molecule has 19 nitrogen and oxygen atoms in total. The first-order valence-corrected chi connectivity index (χ1v) is 24.8. The Morgan fingerprint density at radius 2 is 1.26 bits per heavy atom. The third-order valence-corrected chi connectivity index (χ3v) is 17.6. The Bertz CT molecular complexity index is 1930. The highest BCUT2D eigenvalue weighted by Crippen LogP contribution is 2.70. The molecule has 10 aliphatic rings. The van der Waals surface area contributed by atoms with Gasteiger partial charge >= 0.3 is 0 Å². The first kappa shape index (κ1) is 50.0. The van der Waals surface area contributed by atoms with Gasteiger partial charge in [-0.2, -0.15) is 0 Å². The number of aliphatic hydroxyl groups excluding tert-OH is 2. The highest BCUT2D eigenvalue weighted by atomic mass is 16.8. The van der Waals surface area contributed by atoms with Crippen LogP contribution in [0.4, 0.5) is 0 Å². The van der Waals surface area contributed by atoms with Crippen LogP contribution in [0.3, 0.4) is 0 Å². The highest BCUT2D eigenvalue weighted by Gasteiger charge is 2.79. The summed E-state index contributed by atoms with van der Waals surface area (Å²) in [6.07, 6.45) is -5.64. The van der Waals surface area contributed by atoms with Gasteiger partial charge in [-0.1, -0.05) is 12.5 Å². The fraction of sp³-hybridized carbons (Fsp3) is 0.898. The number of carbonyl (C=O) groups is 1. The van der Waals surface area contributed by atoms with Gasteiger partial charge in [0.15, 0.2) is 36.7 Å². The molecule has 1 spiro atoms. The monoisotopic (exact) mass is 966 g/mol. The average molecular weight is 967 g/mol. The van der Waals surface area contributed by atoms with Gasteiger partial charge in [0, 0.05) is 53.1 Å². The number of carbonyl (C=O) groups excluding carboxylic acids is 1. The van der Waals surface area contributed by atoms with E-state index in [9.17, 15) is 20.1 Å². The summed E-state index contributed by atoms with van der Waals surface area (Å²) in [4.78, 5) is 14.2. The number of rotatable bonds is 12. The van der Waals surface area contributed by atoms with Crippen LogP contribution in [-0.2, 0) is 75.8 Å². The third kappa shape index (κ3) is 8.05. The van der Waals surface area contributed by atoms with E-state index < -0.39 is 121 Å². The fourth-order valence-corrected chi connectivity index (χ4v) is 13.8. The van der Waals surface area contributed by atoms with Crippen LogP contribution in [0.25, 0.3) is 0 Å². The van der Waals surface area contributed by atoms with Gasteiger partial charge in [-0.05, 0) is 78.4 Å². The second kappa shape index (κ2) is 18.7. The number of ether oxygens (including phenoxy) is 15. The third-order valence-electron chi connectivity index (χ3n) is 17.6. The molecular weight excluding hydrogens is 893 g/mol. The Balaban J connectivity index is 0.740. The van der Waals surface area contributed by atoms with Crippen molar-refractivity contribution in [1.82, 2.24) is 0 Å². The van der Waals surface area contributed by atoms with Crippen molar-refractivity contribution in [3.05, 3.63) is 22.8 Å². The quantitative estimate of drug-likeness (QED) is 0.256. The summed E-state index contributed by atoms with van der Waals surface area (Å²) in [6, 6.07) is 0. The van der Waals surface area contributed by atoms with E-state index in [-0.39, 0.29) is 36.6 Å². The van der Waals surface area contributed by atoms with Crippen LogP contribution in [0.1, 0.15) is 92.9 Å². The zero-order valence-electron chi connectivity index (χ0n) is 41.1. The van der Waals surface area contributed by atoms with Crippen LogP contribution in [0.5, 0.6) is 0 Å². The molecule has 0 radical (unpaired) electrons. The van der Waals surface area contributed by atoms with E-state index in [1.54, 1.807) is 34.3 Å². The molecule has 7 saturated heterocycles. The lowest BCUT2D eigenvalue weighted by atomic mass is 9.53. The van der Waals surface area contributed by atoms with Gasteiger partial charge in [0.25, 0.3) is 0 Å². The molecule has 0 aromatic rings. The smallest absolute Gasteiger partial charge is 0.205 e. The summed E-state index contributed by atoms with van der Waals surface area (Å²) in [5, 5.41) is 34.7. The van der Waals surface area contributed by atoms with Crippen molar-refractivity contribution < 1.29 is 91.2 Å². The Hall–Kier alpha value is -1.57. The predicted octanol–water partition coefficient (Wildman–Crippen LogP) is 2.71. The van der Waals surface area contributed by atoms with E-state index in [1.165, 1.54) is 7.11 Å². The van der Waals surface area contributed by atoms with Crippen LogP contribution in [0, 0.1) is 16.7 Å². The van der Waals surface area contributed by atoms with Crippen LogP contribution in [0.2, 0.25) is 0 Å². The first-order valence-electron chi connectivity index (χ1n) is 24.8. The molecule has 0 aromatic carbocycles. The van der Waals surface area contributed by atoms with Gasteiger partial charge in [0.05, 0.1) is 85.1 Å². The molecule has 68 heavy (non-hydrogen) atoms. The average Bonchev–Trinajstić information content (AvgIpc) is 3.91. The summed E-state index contributed by atoms with van der Waals surface area (Å²) in [7, 11) is 6.33. The maximum absolute atomic E-state index is 14.2. The van der Waals surface area contributed by atoms with Crippen molar-refractivity contribution in [1.29, 1.82) is 0 Å². The maximum atomic E-state index is 14.2. The van der Waals surface area contributed by atoms with Crippen LogP contribution in [-0.4, -0.2) is 191 Å². The van der Waals surface area contributed by atoms with Crippen molar-refractivity contribution in [2.45, 2.75) is 221 Å². The van der Waals surface area contributed by atoms with Crippen molar-refractivity contribution in [3.63, 3.8) is 0 Å². The number of hydrogen-bond acceptors (Lipinski definition) is 19. The summed E-state index contributed by atoms with van der Waals surface area (Å²) in [5.41, 5.74) is 1.04. The first-order chi connectivity index (χ1) is 32.4. The molecule has 7 aliphatic heterocycles. The number of hydrogen-bond donors (Lipinski definition) is 3. The van der Waals surface area contributed by atoms with E-state index in [1.807, 2.05) is 27.7 Å². The summed E-state index contributed by atoms with van der Waals surface area (Å²) in [5.74, 6) is -2.98. The van der Waals surface area contributed by atoms with Gasteiger partial charge < -0.3 is 86.4 Å². The van der Waals surface area contributed by atoms with E-state index >= 15 is 0 Å². The lowest BCUT2D eigenvalue weighted by molar-refractivity contribution is -0.357. The van der Waals surface area contributed by atoms with Gasteiger partial charge in [-0.25, -0.2) is 0 Å². The minimum Gasteiger partial charge on any atom is -0.388 e. The van der Waals surface area contributed by atoms with Crippen molar-refractivity contribution in [3.8, 4) is 0 Å². The molecule has 8 fully saturated rings. The van der Waals surface area contributed by atoms with E-state index in [0.29, 0.717) is 63.5 Å². The summed E-state index contributed by atoms with van der Waals surface area (Å²) in [6.45, 7) is 12.1. The number of allylic oxidation sites excluding steroid dienone is 2. The number of aliphatic hydroxyl groups is 3. The minimum absolute atomic E-state index is 0.161. The normalized spacial score (nSPS) is 53.4. The van der Waals surface area contributed by atoms with Gasteiger partial charge in [0.2, 0.25) is 5.79 Å². The molecule has 10 rings (SSSR count). The SMILES string of the molecule is COC1CC(OC2C(C)OC(OC3C(C)OC(OC4C(C)OC(OC5CCC6(C)C(=CC(=O)C7=C6CCC68COC9(C)OCC(OC76O)C98)C5)C(O)C4OC)CC3OC)CC2OC)OC(C)C1O. The second-order valence-corrected chi connectivity index (χ2v) is 21.3. The fourth-order valence-electron chi connectivity index (χ4n) is 13.8. The summed E-state index contributed by atoms with van der Waals surface area (Å²) >= 11 is 0. The van der Waals surface area contributed by atoms with Crippen LogP contribution >= 0.6 is 0 Å². The lowest BCUT2D eigenvalue weighted by Crippen LogP contribution is -2.61. The molecule has 24 atom stereocenters. The Kier molecular flexibility index (Phi) is 13.8. The molecule has 0 bridgehead atoms. The van der Waals surface area contributed by atoms with Crippen LogP contribution < -0.4 is 0 Å². The zero-order chi connectivity index (χ0) is 48.2. The minimum atomic E-state index is -1.75. The summed E-state index contributed by atoms with van der Waals surface area (Å²) < 4.78 is 93.1. The zero-order valence-corrected chi connectivity index (χ0v) is 41.1. The Morgan fingerprint density at radius 1 is 0.676 bits per heavy atom. The standard InChI is InChI=1S/C49H74O19/c1-22-38(51)30(54-7)17-34(60-22)65-40-23(2)61-35(18-31(40)55-8)66-41-24(3)62-36(19-32(41)56-9)67-42-25(4)63-45(39(52)43(42)57-10)64-27-11-13-46(5)26(15-27)16-29(50)37-28(46)12-14-48-21-59-47(6)44(48)33(20-58-47)68-49(37,48)53/h16,22-25,27,30-36,38-45,51-53H,11-15,17-21H2,1-10H3. The predicted molar refractivity (Wildman–Crippen MR) is 233 cm³/mol. The topological polar surface area (TPSA) is 216 Å². The van der Waals surface area contributed by atoms with Gasteiger partial charge in [-0.15, -0.1) is 0 Å². The molecule has 19 heteroatoms. The molecular formula is C49H74O19. The molecule has 3 aliphatic carbocycles. The van der Waals surface area contributed by atoms with Crippen molar-refractivity contribution in [2.75, 3.05) is 41.7 Å². The molecule has 3 N–H and O–H groups in total. The molecule has 1 saturated carbocycles. The van der Waals surface area contributed by atoms with E-state index in [4.69, 9.17) is 71.1 Å². The van der Waals surface area contributed by atoms with Gasteiger partial charge in [0.1, 0.15) is 36.6 Å². The molecule has 0 aromatic heterocycles. The van der Waals surface area contributed by atoms with Crippen LogP contribution in [0.15, 0.2) is 22.8 Å². The Morgan fingerprint density at radius 3 is 1.88 bits per heavy atom. The second-order valence-electron chi connectivity index (χ2n) is 21.3. The van der Waals surface area contributed by atoms with Crippen molar-refractivity contribution >= 4 is 5.78 Å². The molecule has 0 amide bonds. The number of fused-ring (bicyclic) bond motifs is 3. The Labute approximate surface area is 398 Å². The lowest BCUT2D eigenvalue weighted by Gasteiger charge is -2.52. The largest absolute Gasteiger partial charge is 0.388 e. The number of methoxy groups -OCH3 is 4. The molecule has 384 valence electrons.